The van der Waals surface area contributed by atoms with E-state index in [1.54, 1.807) is 18.2 Å². The van der Waals surface area contributed by atoms with Crippen LogP contribution in [0.25, 0.3) is 0 Å². The van der Waals surface area contributed by atoms with E-state index in [9.17, 15) is 10.1 Å². The maximum absolute atomic E-state index is 10.5. The van der Waals surface area contributed by atoms with E-state index in [2.05, 4.69) is 0 Å². The highest BCUT2D eigenvalue weighted by Gasteiger charge is 2.13. The molecule has 1 aromatic rings. The van der Waals surface area contributed by atoms with Gasteiger partial charge in [0.15, 0.2) is 5.17 Å². The molecule has 0 amide bonds. The van der Waals surface area contributed by atoms with E-state index in [1.165, 1.54) is 6.07 Å². The van der Waals surface area contributed by atoms with Gasteiger partial charge in [0, 0.05) is 6.07 Å². The van der Waals surface area contributed by atoms with E-state index in [-0.39, 0.29) is 10.9 Å². The zero-order valence-electron chi connectivity index (χ0n) is 6.56. The summed E-state index contributed by atoms with van der Waals surface area (Å²) in [5, 5.41) is 17.3. The van der Waals surface area contributed by atoms with Gasteiger partial charge in [-0.25, -0.2) is 0 Å². The van der Waals surface area contributed by atoms with E-state index < -0.39 is 4.92 Å². The minimum absolute atomic E-state index is 0.0253. The van der Waals surface area contributed by atoms with E-state index in [0.29, 0.717) is 4.90 Å². The molecule has 0 heterocycles. The Morgan fingerprint density at radius 2 is 2.15 bits per heavy atom. The van der Waals surface area contributed by atoms with Crippen LogP contribution in [0.2, 0.25) is 0 Å². The summed E-state index contributed by atoms with van der Waals surface area (Å²) in [5.41, 5.74) is 5.09. The Morgan fingerprint density at radius 1 is 1.54 bits per heavy atom. The summed E-state index contributed by atoms with van der Waals surface area (Å²) in [6, 6.07) is 6.18. The van der Waals surface area contributed by atoms with E-state index >= 15 is 0 Å². The molecule has 0 aliphatic carbocycles. The second kappa shape index (κ2) is 3.90. The van der Waals surface area contributed by atoms with Crippen LogP contribution in [0, 0.1) is 15.5 Å². The summed E-state index contributed by atoms with van der Waals surface area (Å²) in [5.74, 6) is 0. The van der Waals surface area contributed by atoms with Crippen molar-refractivity contribution in [2.24, 2.45) is 5.73 Å². The van der Waals surface area contributed by atoms with Crippen LogP contribution in [0.3, 0.4) is 0 Å². The van der Waals surface area contributed by atoms with Crippen LogP contribution in [0.4, 0.5) is 5.69 Å². The molecule has 0 saturated carbocycles. The first kappa shape index (κ1) is 9.53. The molecule has 1 rings (SSSR count). The van der Waals surface area contributed by atoms with Gasteiger partial charge in [0.05, 0.1) is 9.82 Å². The fraction of sp³-hybridized carbons (Fsp3) is 0. The molecule has 68 valence electrons. The number of nitro groups is 1. The number of benzene rings is 1. The normalized spacial score (nSPS) is 9.54. The standard InChI is InChI=1S/C7H7N3O2S/c8-7(9)13-6-4-2-1-3-5(6)10(11)12/h1-4H,(H3,8,9). The quantitative estimate of drug-likeness (QED) is 0.247. The molecule has 0 bridgehead atoms. The van der Waals surface area contributed by atoms with Crippen LogP contribution >= 0.6 is 11.8 Å². The van der Waals surface area contributed by atoms with Crippen LogP contribution in [0.15, 0.2) is 29.2 Å². The van der Waals surface area contributed by atoms with E-state index in [0.717, 1.165) is 11.8 Å². The van der Waals surface area contributed by atoms with Gasteiger partial charge in [0.25, 0.3) is 5.69 Å². The molecule has 0 aliphatic rings. The number of rotatable bonds is 2. The van der Waals surface area contributed by atoms with Crippen molar-refractivity contribution in [2.45, 2.75) is 4.90 Å². The first-order valence-corrected chi connectivity index (χ1v) is 4.18. The van der Waals surface area contributed by atoms with Crippen molar-refractivity contribution in [1.82, 2.24) is 0 Å². The van der Waals surface area contributed by atoms with Gasteiger partial charge in [-0.3, -0.25) is 15.5 Å². The van der Waals surface area contributed by atoms with Crippen molar-refractivity contribution in [3.8, 4) is 0 Å². The number of hydrogen-bond acceptors (Lipinski definition) is 4. The van der Waals surface area contributed by atoms with E-state index in [4.69, 9.17) is 11.1 Å². The van der Waals surface area contributed by atoms with Gasteiger partial charge in [-0.2, -0.15) is 0 Å². The van der Waals surface area contributed by atoms with Crippen LogP contribution in [0.5, 0.6) is 0 Å². The molecular formula is C7H7N3O2S. The highest BCUT2D eigenvalue weighted by atomic mass is 32.2. The summed E-state index contributed by atoms with van der Waals surface area (Å²) >= 11 is 0.873. The van der Waals surface area contributed by atoms with Gasteiger partial charge < -0.3 is 5.73 Å². The maximum atomic E-state index is 10.5. The van der Waals surface area contributed by atoms with Crippen molar-refractivity contribution >= 4 is 22.6 Å². The van der Waals surface area contributed by atoms with Gasteiger partial charge in [0.2, 0.25) is 0 Å². The Morgan fingerprint density at radius 3 is 2.69 bits per heavy atom. The minimum Gasteiger partial charge on any atom is -0.378 e. The zero-order chi connectivity index (χ0) is 9.84. The number of para-hydroxylation sites is 1. The smallest absolute Gasteiger partial charge is 0.283 e. The number of hydrogen-bond donors (Lipinski definition) is 2. The number of nitrogens with one attached hydrogen (secondary N) is 1. The molecule has 0 radical (unpaired) electrons. The molecule has 0 unspecified atom stereocenters. The van der Waals surface area contributed by atoms with E-state index in [1.807, 2.05) is 0 Å². The Bertz CT molecular complexity index is 353. The predicted octanol–water partition coefficient (Wildman–Crippen LogP) is 1.58. The van der Waals surface area contributed by atoms with Crippen LogP contribution in [-0.4, -0.2) is 10.1 Å². The Balaban J connectivity index is 3.04. The fourth-order valence-electron chi connectivity index (χ4n) is 0.813. The average Bonchev–Trinajstić information content (AvgIpc) is 2.03. The third-order valence-electron chi connectivity index (χ3n) is 1.28. The molecule has 5 nitrogen and oxygen atoms in total. The monoisotopic (exact) mass is 197 g/mol. The topological polar surface area (TPSA) is 93.0 Å². The molecule has 0 saturated heterocycles. The lowest BCUT2D eigenvalue weighted by molar-refractivity contribution is -0.387. The van der Waals surface area contributed by atoms with Crippen molar-refractivity contribution in [1.29, 1.82) is 5.41 Å². The van der Waals surface area contributed by atoms with Crippen LogP contribution < -0.4 is 5.73 Å². The highest BCUT2D eigenvalue weighted by Crippen LogP contribution is 2.27. The van der Waals surface area contributed by atoms with Crippen LogP contribution in [0.1, 0.15) is 0 Å². The number of nitrogens with two attached hydrogens (primary N) is 1. The molecule has 0 spiro atoms. The second-order valence-corrected chi connectivity index (χ2v) is 3.27. The van der Waals surface area contributed by atoms with Crippen molar-refractivity contribution < 1.29 is 4.92 Å². The molecule has 0 aromatic heterocycles. The lowest BCUT2D eigenvalue weighted by Gasteiger charge is -1.99. The predicted molar refractivity (Wildman–Crippen MR) is 50.9 cm³/mol. The summed E-state index contributed by atoms with van der Waals surface area (Å²) in [4.78, 5) is 10.4. The van der Waals surface area contributed by atoms with Crippen molar-refractivity contribution in [2.75, 3.05) is 0 Å². The molecule has 3 N–H and O–H groups in total. The Labute approximate surface area is 78.6 Å². The van der Waals surface area contributed by atoms with Gasteiger partial charge in [-0.1, -0.05) is 12.1 Å². The third-order valence-corrected chi connectivity index (χ3v) is 2.07. The third kappa shape index (κ3) is 2.45. The van der Waals surface area contributed by atoms with Gasteiger partial charge in [0.1, 0.15) is 0 Å². The SMILES string of the molecule is N=C(N)Sc1ccccc1[N+](=O)[O-]. The van der Waals surface area contributed by atoms with Gasteiger partial charge in [-0.15, -0.1) is 0 Å². The molecule has 13 heavy (non-hydrogen) atoms. The molecule has 0 atom stereocenters. The molecule has 0 fully saturated rings. The lowest BCUT2D eigenvalue weighted by atomic mass is 10.3. The molecule has 6 heteroatoms. The van der Waals surface area contributed by atoms with Gasteiger partial charge >= 0.3 is 0 Å². The fourth-order valence-corrected chi connectivity index (χ4v) is 1.44. The Kier molecular flexibility index (Phi) is 2.86. The maximum Gasteiger partial charge on any atom is 0.283 e. The zero-order valence-corrected chi connectivity index (χ0v) is 7.38. The number of amidine groups is 1. The molecular weight excluding hydrogens is 190 g/mol. The first-order valence-electron chi connectivity index (χ1n) is 3.36. The number of nitrogens with zero attached hydrogens (tertiary/aromatic N) is 1. The van der Waals surface area contributed by atoms with Crippen LogP contribution in [-0.2, 0) is 0 Å². The minimum atomic E-state index is -0.495. The molecule has 1 aromatic carbocycles. The van der Waals surface area contributed by atoms with Crippen molar-refractivity contribution in [3.05, 3.63) is 34.4 Å². The molecule has 0 aliphatic heterocycles. The van der Waals surface area contributed by atoms with Gasteiger partial charge in [-0.05, 0) is 17.8 Å². The van der Waals surface area contributed by atoms with Crippen molar-refractivity contribution in [3.63, 3.8) is 0 Å². The average molecular weight is 197 g/mol. The highest BCUT2D eigenvalue weighted by molar-refractivity contribution is 8.13. The summed E-state index contributed by atoms with van der Waals surface area (Å²) in [6.07, 6.45) is 0. The summed E-state index contributed by atoms with van der Waals surface area (Å²) < 4.78 is 0. The summed E-state index contributed by atoms with van der Waals surface area (Å²) in [6.45, 7) is 0. The first-order chi connectivity index (χ1) is 6.11. The lowest BCUT2D eigenvalue weighted by Crippen LogP contribution is -2.03. The number of thioether (sulfide) groups is 1. The Hall–Kier alpha value is -1.56. The number of nitro benzene ring substituents is 1. The largest absolute Gasteiger partial charge is 0.378 e. The summed E-state index contributed by atoms with van der Waals surface area (Å²) in [7, 11) is 0. The second-order valence-electron chi connectivity index (χ2n) is 2.19.